The van der Waals surface area contributed by atoms with Crippen molar-refractivity contribution in [1.82, 2.24) is 4.98 Å². The van der Waals surface area contributed by atoms with Gasteiger partial charge in [-0.05, 0) is 26.0 Å². The van der Waals surface area contributed by atoms with Gasteiger partial charge in [0.1, 0.15) is 5.75 Å². The molecule has 1 aromatic heterocycles. The number of aromatic nitrogens is 1. The molecule has 0 atom stereocenters. The molecule has 6 nitrogen and oxygen atoms in total. The number of rotatable bonds is 6. The van der Waals surface area contributed by atoms with E-state index in [9.17, 15) is 4.79 Å². The van der Waals surface area contributed by atoms with Gasteiger partial charge >= 0.3 is 11.9 Å². The molecule has 0 radical (unpaired) electrons. The summed E-state index contributed by atoms with van der Waals surface area (Å²) in [7, 11) is 0. The van der Waals surface area contributed by atoms with Gasteiger partial charge in [0.25, 0.3) is 0 Å². The van der Waals surface area contributed by atoms with Gasteiger partial charge < -0.3 is 19.0 Å². The Morgan fingerprint density at radius 1 is 1.25 bits per heavy atom. The third-order valence-corrected chi connectivity index (χ3v) is 2.49. The van der Waals surface area contributed by atoms with Crippen molar-refractivity contribution in [2.24, 2.45) is 0 Å². The fourth-order valence-corrected chi connectivity index (χ4v) is 1.71. The van der Waals surface area contributed by atoms with Crippen molar-refractivity contribution < 1.29 is 23.8 Å². The molecule has 0 saturated heterocycles. The molecule has 1 N–H and O–H groups in total. The van der Waals surface area contributed by atoms with E-state index in [2.05, 4.69) is 4.98 Å². The standard InChI is InChI=1S/C14H15NO5/c1-3-18-10-8-6-5-7-9(10)12-15-11(13(16)17)14(20-12)19-4-2/h5-8H,3-4H2,1-2H3,(H,16,17). The molecule has 1 aromatic carbocycles. The second kappa shape index (κ2) is 6.10. The van der Waals surface area contributed by atoms with Gasteiger partial charge in [-0.3, -0.25) is 0 Å². The zero-order valence-electron chi connectivity index (χ0n) is 11.3. The van der Waals surface area contributed by atoms with Crippen LogP contribution in [0, 0.1) is 0 Å². The number of aromatic carboxylic acids is 1. The molecule has 2 aromatic rings. The van der Waals surface area contributed by atoms with Crippen LogP contribution in [0.1, 0.15) is 24.3 Å². The Morgan fingerprint density at radius 3 is 2.60 bits per heavy atom. The highest BCUT2D eigenvalue weighted by Crippen LogP contribution is 2.33. The van der Waals surface area contributed by atoms with E-state index in [1.807, 2.05) is 13.0 Å². The summed E-state index contributed by atoms with van der Waals surface area (Å²) in [6, 6.07) is 7.13. The SMILES string of the molecule is CCOc1ccccc1-c1nc(C(=O)O)c(OCC)o1. The Labute approximate surface area is 116 Å². The third-order valence-electron chi connectivity index (χ3n) is 2.49. The van der Waals surface area contributed by atoms with Gasteiger partial charge in [0.2, 0.25) is 11.6 Å². The van der Waals surface area contributed by atoms with Crippen LogP contribution in [-0.4, -0.2) is 29.3 Å². The van der Waals surface area contributed by atoms with E-state index in [0.29, 0.717) is 24.5 Å². The molecule has 2 rings (SSSR count). The summed E-state index contributed by atoms with van der Waals surface area (Å²) in [6.45, 7) is 4.38. The van der Waals surface area contributed by atoms with E-state index in [0.717, 1.165) is 0 Å². The molecule has 6 heteroatoms. The summed E-state index contributed by atoms with van der Waals surface area (Å²) in [5, 5.41) is 9.09. The van der Waals surface area contributed by atoms with Crippen molar-refractivity contribution in [2.45, 2.75) is 13.8 Å². The number of para-hydroxylation sites is 1. The fraction of sp³-hybridized carbons (Fsp3) is 0.286. The fourth-order valence-electron chi connectivity index (χ4n) is 1.71. The van der Waals surface area contributed by atoms with Crippen molar-refractivity contribution in [3.8, 4) is 23.1 Å². The van der Waals surface area contributed by atoms with Crippen LogP contribution >= 0.6 is 0 Å². The van der Waals surface area contributed by atoms with Gasteiger partial charge in [-0.15, -0.1) is 0 Å². The van der Waals surface area contributed by atoms with Gasteiger partial charge in [-0.2, -0.15) is 4.98 Å². The molecule has 0 saturated carbocycles. The number of benzene rings is 1. The van der Waals surface area contributed by atoms with Gasteiger partial charge in [-0.25, -0.2) is 4.79 Å². The Bertz CT molecular complexity index is 605. The lowest BCUT2D eigenvalue weighted by Crippen LogP contribution is -2.01. The summed E-state index contributed by atoms with van der Waals surface area (Å²) in [5.74, 6) is -0.551. The molecule has 0 aliphatic rings. The van der Waals surface area contributed by atoms with Crippen LogP contribution < -0.4 is 9.47 Å². The molecule has 0 aliphatic carbocycles. The van der Waals surface area contributed by atoms with Crippen LogP contribution in [0.25, 0.3) is 11.5 Å². The number of carbonyl (C=O) groups is 1. The molecular formula is C14H15NO5. The predicted molar refractivity (Wildman–Crippen MR) is 71.2 cm³/mol. The highest BCUT2D eigenvalue weighted by atomic mass is 16.6. The van der Waals surface area contributed by atoms with Crippen LogP contribution in [-0.2, 0) is 0 Å². The molecule has 0 bridgehead atoms. The summed E-state index contributed by atoms with van der Waals surface area (Å²) >= 11 is 0. The number of carboxylic acids is 1. The average Bonchev–Trinajstić information content (AvgIpc) is 2.84. The smallest absolute Gasteiger partial charge is 0.362 e. The largest absolute Gasteiger partial charge is 0.493 e. The highest BCUT2D eigenvalue weighted by Gasteiger charge is 2.23. The number of nitrogens with zero attached hydrogens (tertiary/aromatic N) is 1. The van der Waals surface area contributed by atoms with Crippen molar-refractivity contribution in [2.75, 3.05) is 13.2 Å². The van der Waals surface area contributed by atoms with E-state index >= 15 is 0 Å². The summed E-state index contributed by atoms with van der Waals surface area (Å²) < 4.78 is 16.0. The molecule has 106 valence electrons. The minimum atomic E-state index is -1.20. The Hall–Kier alpha value is -2.50. The van der Waals surface area contributed by atoms with Crippen LogP contribution in [0.15, 0.2) is 28.7 Å². The number of hydrogen-bond donors (Lipinski definition) is 1. The maximum atomic E-state index is 11.1. The molecule has 0 amide bonds. The zero-order valence-corrected chi connectivity index (χ0v) is 11.3. The molecule has 1 heterocycles. The molecular weight excluding hydrogens is 262 g/mol. The average molecular weight is 277 g/mol. The van der Waals surface area contributed by atoms with E-state index < -0.39 is 5.97 Å². The second-order valence-corrected chi connectivity index (χ2v) is 3.82. The predicted octanol–water partition coefficient (Wildman–Crippen LogP) is 2.84. The van der Waals surface area contributed by atoms with Crippen molar-refractivity contribution in [3.63, 3.8) is 0 Å². The summed E-state index contributed by atoms with van der Waals surface area (Å²) in [5.41, 5.74) is 0.343. The first kappa shape index (κ1) is 13.9. The maximum absolute atomic E-state index is 11.1. The normalized spacial score (nSPS) is 10.3. The lowest BCUT2D eigenvalue weighted by molar-refractivity contribution is 0.0683. The quantitative estimate of drug-likeness (QED) is 0.874. The van der Waals surface area contributed by atoms with Gasteiger partial charge in [0, 0.05) is 0 Å². The minimum Gasteiger partial charge on any atom is -0.493 e. The lowest BCUT2D eigenvalue weighted by atomic mass is 10.2. The van der Waals surface area contributed by atoms with Crippen LogP contribution in [0.4, 0.5) is 0 Å². The van der Waals surface area contributed by atoms with Crippen LogP contribution in [0.5, 0.6) is 11.7 Å². The van der Waals surface area contributed by atoms with E-state index in [4.69, 9.17) is 19.0 Å². The lowest BCUT2D eigenvalue weighted by Gasteiger charge is -2.06. The van der Waals surface area contributed by atoms with Gasteiger partial charge in [0.15, 0.2) is 0 Å². The Balaban J connectivity index is 2.47. The first-order chi connectivity index (χ1) is 9.67. The van der Waals surface area contributed by atoms with Crippen molar-refractivity contribution >= 4 is 5.97 Å². The van der Waals surface area contributed by atoms with Crippen LogP contribution in [0.2, 0.25) is 0 Å². The number of ether oxygens (including phenoxy) is 2. The second-order valence-electron chi connectivity index (χ2n) is 3.82. The minimum absolute atomic E-state index is 0.0960. The van der Waals surface area contributed by atoms with Gasteiger partial charge in [0.05, 0.1) is 18.8 Å². The Morgan fingerprint density at radius 2 is 1.95 bits per heavy atom. The topological polar surface area (TPSA) is 81.8 Å². The monoisotopic (exact) mass is 277 g/mol. The molecule has 0 aliphatic heterocycles. The van der Waals surface area contributed by atoms with E-state index in [1.54, 1.807) is 25.1 Å². The zero-order chi connectivity index (χ0) is 14.5. The molecule has 0 spiro atoms. The van der Waals surface area contributed by atoms with Gasteiger partial charge in [-0.1, -0.05) is 12.1 Å². The molecule has 0 unspecified atom stereocenters. The highest BCUT2D eigenvalue weighted by molar-refractivity contribution is 5.88. The van der Waals surface area contributed by atoms with Crippen LogP contribution in [0.3, 0.4) is 0 Å². The van der Waals surface area contributed by atoms with E-state index in [1.165, 1.54) is 0 Å². The molecule has 20 heavy (non-hydrogen) atoms. The van der Waals surface area contributed by atoms with E-state index in [-0.39, 0.29) is 17.5 Å². The first-order valence-electron chi connectivity index (χ1n) is 6.26. The number of oxazole rings is 1. The summed E-state index contributed by atoms with van der Waals surface area (Å²) in [4.78, 5) is 15.1. The summed E-state index contributed by atoms with van der Waals surface area (Å²) in [6.07, 6.45) is 0. The number of carboxylic acid groups (broad SMARTS) is 1. The Kier molecular flexibility index (Phi) is 4.24. The number of hydrogen-bond acceptors (Lipinski definition) is 5. The maximum Gasteiger partial charge on any atom is 0.362 e. The van der Waals surface area contributed by atoms with Crippen molar-refractivity contribution in [1.29, 1.82) is 0 Å². The van der Waals surface area contributed by atoms with Crippen molar-refractivity contribution in [3.05, 3.63) is 30.0 Å². The first-order valence-corrected chi connectivity index (χ1v) is 6.26. The third kappa shape index (κ3) is 2.74. The molecule has 0 fully saturated rings.